The molecule has 1 nitrogen and oxygen atoms in total. The molecule has 6 aliphatic carbocycles. The standard InChI is InChI=1S/C56H61NS/c1-51(2)26-28-53(5,6)48-38(14-11-16-40(48)51)35-22-24-37(25-23-35)57(43-19-12-17-41-49(43)54(7,8)29-27-52(41,3)4)44-20-13-18-42-50(44)58-45-21-10-9-15-39(45)56(42)46-31-34-30-36-32-47(56)55(36,46)33-34/h9-25,34,36,46-47H,26-33H2,1-8H3. The maximum absolute atomic E-state index is 2.71. The van der Waals surface area contributed by atoms with E-state index in [9.17, 15) is 0 Å². The predicted molar refractivity (Wildman–Crippen MR) is 243 cm³/mol. The second kappa shape index (κ2) is 11.5. The molecule has 5 aromatic carbocycles. The maximum atomic E-state index is 2.71. The van der Waals surface area contributed by atoms with Crippen molar-refractivity contribution < 1.29 is 0 Å². The van der Waals surface area contributed by atoms with Crippen molar-refractivity contribution in [2.75, 3.05) is 4.90 Å². The van der Waals surface area contributed by atoms with Crippen LogP contribution in [0.4, 0.5) is 17.1 Å². The van der Waals surface area contributed by atoms with Gasteiger partial charge in [-0.05, 0) is 177 Å². The Morgan fingerprint density at radius 1 is 0.517 bits per heavy atom. The normalized spacial score (nSPS) is 31.5. The summed E-state index contributed by atoms with van der Waals surface area (Å²) in [6, 6.07) is 41.3. The summed E-state index contributed by atoms with van der Waals surface area (Å²) in [5.74, 6) is 3.47. The maximum Gasteiger partial charge on any atom is 0.0604 e. The molecule has 1 aliphatic heterocycles. The minimum atomic E-state index is 0.0569. The molecule has 0 aromatic heterocycles. The van der Waals surface area contributed by atoms with Gasteiger partial charge in [0.05, 0.1) is 11.4 Å². The van der Waals surface area contributed by atoms with E-state index in [1.165, 1.54) is 106 Å². The molecule has 0 N–H and O–H groups in total. The Morgan fingerprint density at radius 3 is 1.83 bits per heavy atom. The smallest absolute Gasteiger partial charge is 0.0604 e. The number of fused-ring (bicyclic) bond motifs is 9. The zero-order valence-electron chi connectivity index (χ0n) is 36.1. The Bertz CT molecular complexity index is 2550. The van der Waals surface area contributed by atoms with Crippen molar-refractivity contribution in [2.24, 2.45) is 29.1 Å². The molecule has 1 heterocycles. The minimum absolute atomic E-state index is 0.0569. The first-order valence-electron chi connectivity index (χ1n) is 22.8. The lowest BCUT2D eigenvalue weighted by atomic mass is 9.26. The van der Waals surface area contributed by atoms with Crippen molar-refractivity contribution in [3.05, 3.63) is 137 Å². The lowest BCUT2D eigenvalue weighted by Gasteiger charge is -2.78. The number of hydrogen-bond acceptors (Lipinski definition) is 2. The Morgan fingerprint density at radius 2 is 1.10 bits per heavy atom. The van der Waals surface area contributed by atoms with Crippen molar-refractivity contribution in [2.45, 2.75) is 144 Å². The fourth-order valence-corrected chi connectivity index (χ4v) is 16.6. The van der Waals surface area contributed by atoms with Crippen molar-refractivity contribution >= 4 is 28.8 Å². The van der Waals surface area contributed by atoms with Crippen molar-refractivity contribution in [3.63, 3.8) is 0 Å². The van der Waals surface area contributed by atoms with Gasteiger partial charge in [0.25, 0.3) is 0 Å². The van der Waals surface area contributed by atoms with Crippen LogP contribution >= 0.6 is 11.8 Å². The highest BCUT2D eigenvalue weighted by Crippen LogP contribution is 2.89. The number of benzene rings is 5. The highest BCUT2D eigenvalue weighted by atomic mass is 32.2. The Labute approximate surface area is 352 Å². The molecule has 5 aromatic rings. The molecule has 0 amide bonds. The van der Waals surface area contributed by atoms with Crippen molar-refractivity contribution in [3.8, 4) is 11.1 Å². The summed E-state index contributed by atoms with van der Waals surface area (Å²) in [7, 11) is 0. The van der Waals surface area contributed by atoms with Crippen LogP contribution in [-0.4, -0.2) is 0 Å². The number of rotatable bonds is 4. The van der Waals surface area contributed by atoms with Crippen LogP contribution in [0.25, 0.3) is 11.1 Å². The summed E-state index contributed by atoms with van der Waals surface area (Å²) in [4.78, 5) is 5.71. The van der Waals surface area contributed by atoms with Crippen LogP contribution in [0.2, 0.25) is 0 Å². The minimum Gasteiger partial charge on any atom is -0.309 e. The highest BCUT2D eigenvalue weighted by Gasteiger charge is 2.84. The number of anilines is 3. The third-order valence-electron chi connectivity index (χ3n) is 18.1. The monoisotopic (exact) mass is 779 g/mol. The van der Waals surface area contributed by atoms with Gasteiger partial charge in [-0.25, -0.2) is 0 Å². The molecular weight excluding hydrogens is 719 g/mol. The second-order valence-corrected chi connectivity index (χ2v) is 23.7. The van der Waals surface area contributed by atoms with Gasteiger partial charge in [-0.3, -0.25) is 0 Å². The molecule has 58 heavy (non-hydrogen) atoms. The van der Waals surface area contributed by atoms with Gasteiger partial charge in [-0.2, -0.15) is 0 Å². The Hall–Kier alpha value is -3.75. The fourth-order valence-electron chi connectivity index (χ4n) is 15.3. The predicted octanol–water partition coefficient (Wildman–Crippen LogP) is 15.3. The molecule has 4 fully saturated rings. The van der Waals surface area contributed by atoms with Crippen LogP contribution in [0, 0.1) is 29.1 Å². The number of nitrogens with zero attached hydrogens (tertiary/aromatic N) is 1. The molecule has 12 rings (SSSR count). The zero-order chi connectivity index (χ0) is 39.8. The van der Waals surface area contributed by atoms with Gasteiger partial charge in [-0.1, -0.05) is 140 Å². The van der Waals surface area contributed by atoms with Gasteiger partial charge in [0, 0.05) is 20.9 Å². The van der Waals surface area contributed by atoms with Crippen molar-refractivity contribution in [1.82, 2.24) is 0 Å². The van der Waals surface area contributed by atoms with Crippen LogP contribution in [-0.2, 0) is 27.1 Å². The molecule has 6 unspecified atom stereocenters. The van der Waals surface area contributed by atoms with E-state index >= 15 is 0 Å². The topological polar surface area (TPSA) is 3.24 Å². The van der Waals surface area contributed by atoms with Gasteiger partial charge < -0.3 is 4.90 Å². The van der Waals surface area contributed by atoms with Crippen LogP contribution < -0.4 is 4.90 Å². The van der Waals surface area contributed by atoms with Gasteiger partial charge >= 0.3 is 0 Å². The van der Waals surface area contributed by atoms with E-state index in [0.29, 0.717) is 5.41 Å². The SMILES string of the molecule is CC1(C)CCC(C)(C)c2c(-c3ccc(N(c4cccc5c4Sc4ccccc4C54C5CC6CC7CC4C75C6)c4cccc5c4C(C)(C)CCC5(C)C)cc3)cccc21. The quantitative estimate of drug-likeness (QED) is 0.179. The molecular formula is C56H61NS. The first-order chi connectivity index (χ1) is 27.7. The summed E-state index contributed by atoms with van der Waals surface area (Å²) in [6.07, 6.45) is 10.7. The van der Waals surface area contributed by atoms with Crippen molar-refractivity contribution in [1.29, 1.82) is 0 Å². The first kappa shape index (κ1) is 36.1. The van der Waals surface area contributed by atoms with Crippen LogP contribution in [0.5, 0.6) is 0 Å². The first-order valence-corrected chi connectivity index (χ1v) is 23.6. The van der Waals surface area contributed by atoms with Gasteiger partial charge in [0.15, 0.2) is 0 Å². The summed E-state index contributed by atoms with van der Waals surface area (Å²) < 4.78 is 0. The van der Waals surface area contributed by atoms with E-state index in [1.54, 1.807) is 16.7 Å². The molecule has 2 spiro atoms. The van der Waals surface area contributed by atoms with E-state index in [0.717, 1.165) is 23.7 Å². The van der Waals surface area contributed by atoms with Crippen LogP contribution in [0.1, 0.15) is 140 Å². The number of hydrogen-bond donors (Lipinski definition) is 0. The largest absolute Gasteiger partial charge is 0.309 e. The van der Waals surface area contributed by atoms with E-state index in [4.69, 9.17) is 0 Å². The molecule has 0 radical (unpaired) electrons. The molecule has 0 saturated heterocycles. The lowest BCUT2D eigenvalue weighted by Crippen LogP contribution is -2.74. The molecule has 2 heteroatoms. The molecule has 2 bridgehead atoms. The zero-order valence-corrected chi connectivity index (χ0v) is 37.0. The van der Waals surface area contributed by atoms with E-state index in [1.807, 2.05) is 0 Å². The third-order valence-corrected chi connectivity index (χ3v) is 19.3. The Balaban J connectivity index is 1.07. The fraction of sp³-hybridized carbons (Fsp3) is 0.464. The average molecular weight is 780 g/mol. The van der Waals surface area contributed by atoms with E-state index < -0.39 is 0 Å². The molecule has 6 atom stereocenters. The second-order valence-electron chi connectivity index (χ2n) is 22.7. The summed E-state index contributed by atoms with van der Waals surface area (Å²) >= 11 is 2.06. The van der Waals surface area contributed by atoms with E-state index in [-0.39, 0.29) is 27.1 Å². The van der Waals surface area contributed by atoms with Crippen LogP contribution in [0.15, 0.2) is 113 Å². The summed E-state index contributed by atoms with van der Waals surface area (Å²) in [6.45, 7) is 19.8. The van der Waals surface area contributed by atoms with Gasteiger partial charge in [0.2, 0.25) is 0 Å². The van der Waals surface area contributed by atoms with Gasteiger partial charge in [0.1, 0.15) is 0 Å². The van der Waals surface area contributed by atoms with Crippen LogP contribution in [0.3, 0.4) is 0 Å². The van der Waals surface area contributed by atoms with Gasteiger partial charge in [-0.15, -0.1) is 0 Å². The highest BCUT2D eigenvalue weighted by molar-refractivity contribution is 7.99. The summed E-state index contributed by atoms with van der Waals surface area (Å²) in [5.41, 5.74) is 17.4. The van der Waals surface area contributed by atoms with E-state index in [2.05, 4.69) is 175 Å². The summed E-state index contributed by atoms with van der Waals surface area (Å²) in [5, 5.41) is 0. The third kappa shape index (κ3) is 4.42. The molecule has 296 valence electrons. The molecule has 4 saturated carbocycles. The Kier molecular flexibility index (Phi) is 7.19. The lowest BCUT2D eigenvalue weighted by molar-refractivity contribution is -0.235. The average Bonchev–Trinajstić information content (AvgIpc) is 3.74. The molecule has 7 aliphatic rings.